The number of rotatable bonds is 3. The van der Waals surface area contributed by atoms with Crippen molar-refractivity contribution in [2.75, 3.05) is 0 Å². The SMILES string of the molecule is Cc1ccc(O)c(CNC2(C)CCCC2)c1. The van der Waals surface area contributed by atoms with Gasteiger partial charge in [-0.3, -0.25) is 0 Å². The van der Waals surface area contributed by atoms with E-state index in [4.69, 9.17) is 0 Å². The van der Waals surface area contributed by atoms with E-state index >= 15 is 0 Å². The highest BCUT2D eigenvalue weighted by Gasteiger charge is 2.27. The summed E-state index contributed by atoms with van der Waals surface area (Å²) in [4.78, 5) is 0. The third-order valence-electron chi connectivity index (χ3n) is 3.65. The molecule has 2 heteroatoms. The van der Waals surface area contributed by atoms with Crippen LogP contribution in [0.3, 0.4) is 0 Å². The summed E-state index contributed by atoms with van der Waals surface area (Å²) in [5.74, 6) is 0.402. The Morgan fingerprint density at radius 3 is 2.69 bits per heavy atom. The van der Waals surface area contributed by atoms with Crippen LogP contribution in [0.2, 0.25) is 0 Å². The molecule has 0 bridgehead atoms. The fourth-order valence-corrected chi connectivity index (χ4v) is 2.50. The lowest BCUT2D eigenvalue weighted by Crippen LogP contribution is -2.38. The zero-order chi connectivity index (χ0) is 11.6. The molecule has 2 nitrogen and oxygen atoms in total. The molecular formula is C14H21NO. The van der Waals surface area contributed by atoms with E-state index in [0.717, 1.165) is 12.1 Å². The van der Waals surface area contributed by atoms with E-state index in [0.29, 0.717) is 5.75 Å². The maximum Gasteiger partial charge on any atom is 0.120 e. The van der Waals surface area contributed by atoms with Crippen LogP contribution in [0, 0.1) is 6.92 Å². The standard InChI is InChI=1S/C14H21NO/c1-11-5-6-13(16)12(9-11)10-15-14(2)7-3-4-8-14/h5-6,9,15-16H,3-4,7-8,10H2,1-2H3. The summed E-state index contributed by atoms with van der Waals surface area (Å²) in [5.41, 5.74) is 2.48. The minimum atomic E-state index is 0.274. The lowest BCUT2D eigenvalue weighted by molar-refractivity contribution is 0.358. The smallest absolute Gasteiger partial charge is 0.120 e. The molecule has 16 heavy (non-hydrogen) atoms. The van der Waals surface area contributed by atoms with Crippen molar-refractivity contribution in [3.63, 3.8) is 0 Å². The first kappa shape index (κ1) is 11.5. The molecule has 0 spiro atoms. The van der Waals surface area contributed by atoms with E-state index in [1.807, 2.05) is 6.07 Å². The molecule has 0 radical (unpaired) electrons. The first-order chi connectivity index (χ1) is 7.59. The van der Waals surface area contributed by atoms with Crippen molar-refractivity contribution in [2.24, 2.45) is 0 Å². The van der Waals surface area contributed by atoms with Gasteiger partial charge in [-0.1, -0.05) is 30.5 Å². The Morgan fingerprint density at radius 2 is 2.00 bits per heavy atom. The van der Waals surface area contributed by atoms with Gasteiger partial charge in [0.25, 0.3) is 0 Å². The average Bonchev–Trinajstić information content (AvgIpc) is 2.67. The van der Waals surface area contributed by atoms with Gasteiger partial charge in [0.1, 0.15) is 5.75 Å². The summed E-state index contributed by atoms with van der Waals surface area (Å²) in [6, 6.07) is 5.78. The van der Waals surface area contributed by atoms with Crippen molar-refractivity contribution < 1.29 is 5.11 Å². The molecule has 1 aromatic rings. The minimum Gasteiger partial charge on any atom is -0.508 e. The highest BCUT2D eigenvalue weighted by Crippen LogP contribution is 2.29. The number of hydrogen-bond donors (Lipinski definition) is 2. The molecule has 0 heterocycles. The Hall–Kier alpha value is -1.02. The molecule has 2 rings (SSSR count). The maximum absolute atomic E-state index is 9.75. The number of nitrogens with one attached hydrogen (secondary N) is 1. The van der Waals surface area contributed by atoms with Gasteiger partial charge < -0.3 is 10.4 Å². The predicted octanol–water partition coefficient (Wildman–Crippen LogP) is 3.12. The molecule has 0 atom stereocenters. The molecule has 1 saturated carbocycles. The van der Waals surface area contributed by atoms with Gasteiger partial charge in [0.15, 0.2) is 0 Å². The van der Waals surface area contributed by atoms with Crippen molar-refractivity contribution in [3.05, 3.63) is 29.3 Å². The summed E-state index contributed by atoms with van der Waals surface area (Å²) < 4.78 is 0. The van der Waals surface area contributed by atoms with E-state index in [1.54, 1.807) is 6.07 Å². The summed E-state index contributed by atoms with van der Waals surface area (Å²) in [6.07, 6.45) is 5.14. The topological polar surface area (TPSA) is 32.3 Å². The molecule has 2 N–H and O–H groups in total. The highest BCUT2D eigenvalue weighted by molar-refractivity contribution is 5.35. The van der Waals surface area contributed by atoms with Crippen molar-refractivity contribution >= 4 is 0 Å². The second-order valence-electron chi connectivity index (χ2n) is 5.25. The average molecular weight is 219 g/mol. The number of aryl methyl sites for hydroxylation is 1. The molecular weight excluding hydrogens is 198 g/mol. The van der Waals surface area contributed by atoms with Crippen LogP contribution in [0.1, 0.15) is 43.7 Å². The predicted molar refractivity (Wildman–Crippen MR) is 66.6 cm³/mol. The van der Waals surface area contributed by atoms with Gasteiger partial charge >= 0.3 is 0 Å². The zero-order valence-electron chi connectivity index (χ0n) is 10.2. The Morgan fingerprint density at radius 1 is 1.31 bits per heavy atom. The highest BCUT2D eigenvalue weighted by atomic mass is 16.3. The normalized spacial score (nSPS) is 18.9. The maximum atomic E-state index is 9.75. The molecule has 0 unspecified atom stereocenters. The molecule has 0 aromatic heterocycles. The second kappa shape index (κ2) is 4.46. The van der Waals surface area contributed by atoms with Gasteiger partial charge in [0.05, 0.1) is 0 Å². The molecule has 1 fully saturated rings. The van der Waals surface area contributed by atoms with Crippen molar-refractivity contribution in [2.45, 2.75) is 51.6 Å². The van der Waals surface area contributed by atoms with E-state index in [1.165, 1.54) is 31.2 Å². The minimum absolute atomic E-state index is 0.274. The lowest BCUT2D eigenvalue weighted by atomic mass is 10.00. The zero-order valence-corrected chi connectivity index (χ0v) is 10.2. The van der Waals surface area contributed by atoms with Crippen molar-refractivity contribution in [1.29, 1.82) is 0 Å². The second-order valence-corrected chi connectivity index (χ2v) is 5.25. The van der Waals surface area contributed by atoms with E-state index < -0.39 is 0 Å². The summed E-state index contributed by atoms with van der Waals surface area (Å²) in [6.45, 7) is 5.11. The van der Waals surface area contributed by atoms with Gasteiger partial charge in [-0.2, -0.15) is 0 Å². The number of benzene rings is 1. The molecule has 88 valence electrons. The summed E-state index contributed by atoms with van der Waals surface area (Å²) in [5, 5.41) is 13.3. The molecule has 0 amide bonds. The van der Waals surface area contributed by atoms with Crippen LogP contribution in [0.25, 0.3) is 0 Å². The van der Waals surface area contributed by atoms with Crippen molar-refractivity contribution in [1.82, 2.24) is 5.32 Å². The first-order valence-electron chi connectivity index (χ1n) is 6.13. The van der Waals surface area contributed by atoms with Gasteiger partial charge in [-0.05, 0) is 32.8 Å². The van der Waals surface area contributed by atoms with E-state index in [9.17, 15) is 5.11 Å². The molecule has 1 aliphatic rings. The Balaban J connectivity index is 2.01. The van der Waals surface area contributed by atoms with Gasteiger partial charge in [-0.25, -0.2) is 0 Å². The van der Waals surface area contributed by atoms with Crippen molar-refractivity contribution in [3.8, 4) is 5.75 Å². The Labute approximate surface area is 97.7 Å². The number of phenolic OH excluding ortho intramolecular Hbond substituents is 1. The lowest BCUT2D eigenvalue weighted by Gasteiger charge is -2.25. The molecule has 1 aromatic carbocycles. The molecule has 0 aliphatic heterocycles. The van der Waals surface area contributed by atoms with Crippen LogP contribution < -0.4 is 5.32 Å². The van der Waals surface area contributed by atoms with Crippen LogP contribution in [-0.2, 0) is 6.54 Å². The third kappa shape index (κ3) is 2.56. The van der Waals surface area contributed by atoms with Crippen LogP contribution >= 0.6 is 0 Å². The first-order valence-corrected chi connectivity index (χ1v) is 6.13. The van der Waals surface area contributed by atoms with E-state index in [2.05, 4.69) is 25.2 Å². The van der Waals surface area contributed by atoms with E-state index in [-0.39, 0.29) is 5.54 Å². The molecule has 1 aliphatic carbocycles. The third-order valence-corrected chi connectivity index (χ3v) is 3.65. The Bertz CT molecular complexity index is 367. The quantitative estimate of drug-likeness (QED) is 0.818. The Kier molecular flexibility index (Phi) is 3.20. The number of hydrogen-bond acceptors (Lipinski definition) is 2. The van der Waals surface area contributed by atoms with Crippen LogP contribution in [0.5, 0.6) is 5.75 Å². The van der Waals surface area contributed by atoms with Crippen LogP contribution in [0.15, 0.2) is 18.2 Å². The van der Waals surface area contributed by atoms with Gasteiger partial charge in [0, 0.05) is 17.6 Å². The van der Waals surface area contributed by atoms with Gasteiger partial charge in [0.2, 0.25) is 0 Å². The van der Waals surface area contributed by atoms with Crippen LogP contribution in [0.4, 0.5) is 0 Å². The number of aromatic hydroxyl groups is 1. The monoisotopic (exact) mass is 219 g/mol. The van der Waals surface area contributed by atoms with Crippen LogP contribution in [-0.4, -0.2) is 10.6 Å². The van der Waals surface area contributed by atoms with Gasteiger partial charge in [-0.15, -0.1) is 0 Å². The summed E-state index contributed by atoms with van der Waals surface area (Å²) >= 11 is 0. The fourth-order valence-electron chi connectivity index (χ4n) is 2.50. The fraction of sp³-hybridized carbons (Fsp3) is 0.571. The molecule has 0 saturated heterocycles. The number of phenols is 1. The summed E-state index contributed by atoms with van der Waals surface area (Å²) in [7, 11) is 0. The largest absolute Gasteiger partial charge is 0.508 e.